The van der Waals surface area contributed by atoms with E-state index in [1.807, 2.05) is 24.3 Å². The third-order valence-corrected chi connectivity index (χ3v) is 4.21. The average Bonchev–Trinajstić information content (AvgIpc) is 2.88. The van der Waals surface area contributed by atoms with Gasteiger partial charge in [0, 0.05) is 10.9 Å². The van der Waals surface area contributed by atoms with Gasteiger partial charge in [0.2, 0.25) is 0 Å². The Morgan fingerprint density at radius 2 is 2.06 bits per heavy atom. The summed E-state index contributed by atoms with van der Waals surface area (Å²) in [6.45, 7) is 0. The summed E-state index contributed by atoms with van der Waals surface area (Å²) in [6, 6.07) is 7.61. The van der Waals surface area contributed by atoms with Gasteiger partial charge < -0.3 is 5.11 Å². The van der Waals surface area contributed by atoms with Crippen LogP contribution in [-0.4, -0.2) is 11.1 Å². The van der Waals surface area contributed by atoms with Gasteiger partial charge >= 0.3 is 5.97 Å². The Balaban J connectivity index is 2.02. The lowest BCUT2D eigenvalue weighted by Crippen LogP contribution is -2.25. The third-order valence-electron chi connectivity index (χ3n) is 3.98. The van der Waals surface area contributed by atoms with Gasteiger partial charge in [-0.15, -0.1) is 0 Å². The predicted octanol–water partition coefficient (Wildman–Crippen LogP) is 3.33. The third kappa shape index (κ3) is 1.67. The molecule has 1 fully saturated rings. The van der Waals surface area contributed by atoms with Crippen molar-refractivity contribution < 1.29 is 9.90 Å². The highest BCUT2D eigenvalue weighted by Crippen LogP contribution is 2.53. The standard InChI is InChI=1S/C14H13ClO2/c15-11-3-1-2-8(7-11)12-9-4-5-10(6-9)13(12)14(16)17/h1-5,7,9-10,12-13H,6H2,(H,16,17). The van der Waals surface area contributed by atoms with Gasteiger partial charge in [0.05, 0.1) is 5.92 Å². The largest absolute Gasteiger partial charge is 0.481 e. The number of aliphatic carboxylic acids is 1. The molecule has 0 radical (unpaired) electrons. The van der Waals surface area contributed by atoms with Crippen molar-refractivity contribution in [2.75, 3.05) is 0 Å². The molecule has 0 amide bonds. The van der Waals surface area contributed by atoms with Gasteiger partial charge in [-0.05, 0) is 36.0 Å². The highest BCUT2D eigenvalue weighted by molar-refractivity contribution is 6.30. The van der Waals surface area contributed by atoms with Crippen LogP contribution in [0.2, 0.25) is 5.02 Å². The number of benzene rings is 1. The molecule has 3 rings (SSSR count). The molecule has 2 aliphatic carbocycles. The van der Waals surface area contributed by atoms with Crippen LogP contribution in [0.15, 0.2) is 36.4 Å². The van der Waals surface area contributed by atoms with E-state index in [0.29, 0.717) is 10.9 Å². The lowest BCUT2D eigenvalue weighted by molar-refractivity contribution is -0.143. The van der Waals surface area contributed by atoms with E-state index in [-0.39, 0.29) is 17.8 Å². The average molecular weight is 249 g/mol. The second-order valence-electron chi connectivity index (χ2n) is 4.89. The summed E-state index contributed by atoms with van der Waals surface area (Å²) in [7, 11) is 0. The lowest BCUT2D eigenvalue weighted by Gasteiger charge is -2.25. The van der Waals surface area contributed by atoms with Crippen molar-refractivity contribution in [3.8, 4) is 0 Å². The van der Waals surface area contributed by atoms with E-state index in [4.69, 9.17) is 11.6 Å². The van der Waals surface area contributed by atoms with Crippen molar-refractivity contribution in [3.05, 3.63) is 47.0 Å². The minimum absolute atomic E-state index is 0.0844. The van der Waals surface area contributed by atoms with Crippen molar-refractivity contribution in [3.63, 3.8) is 0 Å². The van der Waals surface area contributed by atoms with E-state index in [9.17, 15) is 9.90 Å². The van der Waals surface area contributed by atoms with Crippen molar-refractivity contribution in [1.29, 1.82) is 0 Å². The molecule has 0 saturated heterocycles. The molecule has 2 bridgehead atoms. The molecule has 4 atom stereocenters. The maximum absolute atomic E-state index is 11.4. The molecule has 0 aliphatic heterocycles. The number of carboxylic acids is 1. The molecule has 1 aromatic rings. The molecule has 88 valence electrons. The molecule has 4 unspecified atom stereocenters. The predicted molar refractivity (Wildman–Crippen MR) is 66.1 cm³/mol. The summed E-state index contributed by atoms with van der Waals surface area (Å²) in [5.41, 5.74) is 1.06. The Bertz CT molecular complexity index is 495. The number of carbonyl (C=O) groups is 1. The van der Waals surface area contributed by atoms with Crippen LogP contribution in [0.3, 0.4) is 0 Å². The Labute approximate surface area is 105 Å². The minimum atomic E-state index is -0.688. The molecule has 3 heteroatoms. The van der Waals surface area contributed by atoms with Crippen LogP contribution in [0, 0.1) is 17.8 Å². The zero-order valence-corrected chi connectivity index (χ0v) is 9.97. The van der Waals surface area contributed by atoms with Crippen molar-refractivity contribution in [2.45, 2.75) is 12.3 Å². The van der Waals surface area contributed by atoms with Gasteiger partial charge in [0.1, 0.15) is 0 Å². The Morgan fingerprint density at radius 3 is 2.76 bits per heavy atom. The van der Waals surface area contributed by atoms with Crippen molar-refractivity contribution in [2.24, 2.45) is 17.8 Å². The summed E-state index contributed by atoms with van der Waals surface area (Å²) in [5.74, 6) is -0.336. The van der Waals surface area contributed by atoms with E-state index in [1.165, 1.54) is 0 Å². The zero-order chi connectivity index (χ0) is 12.0. The molecule has 17 heavy (non-hydrogen) atoms. The summed E-state index contributed by atoms with van der Waals surface area (Å²) in [6.07, 6.45) is 5.19. The first kappa shape index (κ1) is 10.8. The topological polar surface area (TPSA) is 37.3 Å². The molecule has 0 spiro atoms. The number of fused-ring (bicyclic) bond motifs is 2. The highest BCUT2D eigenvalue weighted by Gasteiger charge is 2.48. The number of allylic oxidation sites excluding steroid dienone is 2. The van der Waals surface area contributed by atoms with Crippen LogP contribution in [0.25, 0.3) is 0 Å². The first-order valence-electron chi connectivity index (χ1n) is 5.83. The summed E-state index contributed by atoms with van der Waals surface area (Å²) in [4.78, 5) is 11.4. The lowest BCUT2D eigenvalue weighted by atomic mass is 9.78. The Hall–Kier alpha value is -1.28. The SMILES string of the molecule is O=C(O)C1C2C=CC(C2)C1c1cccc(Cl)c1. The van der Waals surface area contributed by atoms with Crippen LogP contribution in [0.4, 0.5) is 0 Å². The van der Waals surface area contributed by atoms with Crippen LogP contribution in [0.5, 0.6) is 0 Å². The summed E-state index contributed by atoms with van der Waals surface area (Å²) in [5, 5.41) is 10.0. The molecule has 1 aromatic carbocycles. The zero-order valence-electron chi connectivity index (χ0n) is 9.21. The molecule has 2 nitrogen and oxygen atoms in total. The minimum Gasteiger partial charge on any atom is -0.481 e. The normalized spacial score (nSPS) is 34.2. The number of hydrogen-bond acceptors (Lipinski definition) is 1. The van der Waals surface area contributed by atoms with E-state index in [1.54, 1.807) is 0 Å². The fourth-order valence-corrected chi connectivity index (χ4v) is 3.53. The van der Waals surface area contributed by atoms with Crippen LogP contribution >= 0.6 is 11.6 Å². The highest BCUT2D eigenvalue weighted by atomic mass is 35.5. The number of halogens is 1. The first-order valence-corrected chi connectivity index (χ1v) is 6.21. The van der Waals surface area contributed by atoms with Crippen molar-refractivity contribution in [1.82, 2.24) is 0 Å². The summed E-state index contributed by atoms with van der Waals surface area (Å²) >= 11 is 5.99. The molecule has 2 aliphatic rings. The number of carboxylic acid groups (broad SMARTS) is 1. The molecule has 0 aromatic heterocycles. The van der Waals surface area contributed by atoms with Crippen LogP contribution in [-0.2, 0) is 4.79 Å². The maximum Gasteiger partial charge on any atom is 0.307 e. The number of hydrogen-bond donors (Lipinski definition) is 1. The van der Waals surface area contributed by atoms with Gasteiger partial charge in [-0.3, -0.25) is 4.79 Å². The Morgan fingerprint density at radius 1 is 1.29 bits per heavy atom. The van der Waals surface area contributed by atoms with Crippen LogP contribution < -0.4 is 0 Å². The molecular weight excluding hydrogens is 236 g/mol. The molecule has 0 heterocycles. The van der Waals surface area contributed by atoms with Crippen molar-refractivity contribution >= 4 is 17.6 Å². The fourth-order valence-electron chi connectivity index (χ4n) is 3.33. The molecule has 1 N–H and O–H groups in total. The second-order valence-corrected chi connectivity index (χ2v) is 5.33. The Kier molecular flexibility index (Phi) is 2.48. The monoisotopic (exact) mass is 248 g/mol. The molecule has 1 saturated carbocycles. The smallest absolute Gasteiger partial charge is 0.307 e. The van der Waals surface area contributed by atoms with E-state index >= 15 is 0 Å². The fraction of sp³-hybridized carbons (Fsp3) is 0.357. The number of rotatable bonds is 2. The second kappa shape index (κ2) is 3.88. The van der Waals surface area contributed by atoms with Gasteiger partial charge in [-0.1, -0.05) is 35.9 Å². The van der Waals surface area contributed by atoms with E-state index in [2.05, 4.69) is 12.2 Å². The summed E-state index contributed by atoms with van der Waals surface area (Å²) < 4.78 is 0. The van der Waals surface area contributed by atoms with E-state index < -0.39 is 5.97 Å². The van der Waals surface area contributed by atoms with E-state index in [0.717, 1.165) is 12.0 Å². The van der Waals surface area contributed by atoms with Gasteiger partial charge in [-0.25, -0.2) is 0 Å². The quantitative estimate of drug-likeness (QED) is 0.815. The van der Waals surface area contributed by atoms with Gasteiger partial charge in [0.15, 0.2) is 0 Å². The van der Waals surface area contributed by atoms with Crippen LogP contribution in [0.1, 0.15) is 17.9 Å². The first-order chi connectivity index (χ1) is 8.16. The van der Waals surface area contributed by atoms with Gasteiger partial charge in [-0.2, -0.15) is 0 Å². The molecular formula is C14H13ClO2. The van der Waals surface area contributed by atoms with Gasteiger partial charge in [0.25, 0.3) is 0 Å². The maximum atomic E-state index is 11.4.